The van der Waals surface area contributed by atoms with Gasteiger partial charge in [0.25, 0.3) is 0 Å². The molecule has 1 aromatic rings. The van der Waals surface area contributed by atoms with Gasteiger partial charge in [0.1, 0.15) is 11.5 Å². The van der Waals surface area contributed by atoms with E-state index in [-0.39, 0.29) is 18.1 Å². The van der Waals surface area contributed by atoms with E-state index in [4.69, 9.17) is 14.2 Å². The molecule has 1 N–H and O–H groups in total. The largest absolute Gasteiger partial charge is 0.497 e. The first-order chi connectivity index (χ1) is 12.0. The third-order valence-corrected chi connectivity index (χ3v) is 5.74. The van der Waals surface area contributed by atoms with Crippen LogP contribution in [0.1, 0.15) is 43.7 Å². The van der Waals surface area contributed by atoms with Crippen molar-refractivity contribution < 1.29 is 24.1 Å². The second-order valence-corrected chi connectivity index (χ2v) is 6.92. The molecule has 25 heavy (non-hydrogen) atoms. The number of benzene rings is 1. The molecule has 138 valence electrons. The Hall–Kier alpha value is -1.95. The molecule has 1 heterocycles. The van der Waals surface area contributed by atoms with Crippen molar-refractivity contribution in [1.29, 1.82) is 0 Å². The Balaban J connectivity index is 2.07. The van der Waals surface area contributed by atoms with Crippen molar-refractivity contribution in [2.24, 2.45) is 5.92 Å². The number of likely N-dealkylation sites (tertiary alicyclic amines) is 1. The predicted molar refractivity (Wildman–Crippen MR) is 92.9 cm³/mol. The Labute approximate surface area is 148 Å². The summed E-state index contributed by atoms with van der Waals surface area (Å²) < 4.78 is 15.9. The van der Waals surface area contributed by atoms with Crippen LogP contribution in [-0.4, -0.2) is 49.6 Å². The number of hydrogen-bond donors (Lipinski definition) is 1. The van der Waals surface area contributed by atoms with Gasteiger partial charge < -0.3 is 24.2 Å². The molecule has 1 saturated heterocycles. The summed E-state index contributed by atoms with van der Waals surface area (Å²) >= 11 is 0. The zero-order chi connectivity index (χ0) is 18.0. The third-order valence-electron chi connectivity index (χ3n) is 5.74. The molecule has 2 fully saturated rings. The van der Waals surface area contributed by atoms with Crippen molar-refractivity contribution in [1.82, 2.24) is 4.90 Å². The van der Waals surface area contributed by atoms with E-state index in [0.717, 1.165) is 31.2 Å². The minimum absolute atomic E-state index is 0.0311. The molecule has 6 nitrogen and oxygen atoms in total. The maximum atomic E-state index is 12.4. The summed E-state index contributed by atoms with van der Waals surface area (Å²) in [4.78, 5) is 14.1. The van der Waals surface area contributed by atoms with Gasteiger partial charge >= 0.3 is 6.09 Å². The fourth-order valence-electron chi connectivity index (χ4n) is 4.45. The van der Waals surface area contributed by atoms with Gasteiger partial charge in [-0.25, -0.2) is 4.79 Å². The molecule has 0 radical (unpaired) electrons. The first-order valence-electron chi connectivity index (χ1n) is 8.83. The van der Waals surface area contributed by atoms with Crippen LogP contribution in [0.2, 0.25) is 0 Å². The Morgan fingerprint density at radius 1 is 1.20 bits per heavy atom. The van der Waals surface area contributed by atoms with Crippen LogP contribution in [0.5, 0.6) is 11.5 Å². The number of nitrogens with zero attached hydrogens (tertiary/aromatic N) is 1. The van der Waals surface area contributed by atoms with Crippen LogP contribution >= 0.6 is 0 Å². The average molecular weight is 349 g/mol. The fraction of sp³-hybridized carbons (Fsp3) is 0.632. The predicted octanol–water partition coefficient (Wildman–Crippen LogP) is 3.14. The molecule has 1 amide bonds. The van der Waals surface area contributed by atoms with Gasteiger partial charge in [-0.3, -0.25) is 0 Å². The summed E-state index contributed by atoms with van der Waals surface area (Å²) in [6.45, 7) is 0.472. The van der Waals surface area contributed by atoms with Crippen molar-refractivity contribution >= 4 is 6.09 Å². The van der Waals surface area contributed by atoms with Gasteiger partial charge in [0.05, 0.1) is 33.0 Å². The lowest BCUT2D eigenvalue weighted by Crippen LogP contribution is -2.56. The standard InChI is InChI=1S/C19H27NO5/c1-23-13-7-8-14(16(12-13)24-2)17-15-6-4-5-9-19(15,22)10-11-20(17)18(21)25-3/h7-8,12,15,17,22H,4-6,9-11H2,1-3H3/t15-,17+,19+/m1/s1. The second kappa shape index (κ2) is 7.12. The van der Waals surface area contributed by atoms with Gasteiger partial charge in [0.15, 0.2) is 0 Å². The highest BCUT2D eigenvalue weighted by atomic mass is 16.5. The molecule has 0 aromatic heterocycles. The van der Waals surface area contributed by atoms with Gasteiger partial charge in [-0.2, -0.15) is 0 Å². The number of aliphatic hydroxyl groups is 1. The lowest BCUT2D eigenvalue weighted by molar-refractivity contribution is -0.118. The van der Waals surface area contributed by atoms with Crippen molar-refractivity contribution in [3.05, 3.63) is 23.8 Å². The summed E-state index contributed by atoms with van der Waals surface area (Å²) in [5.74, 6) is 1.32. The molecule has 1 aliphatic heterocycles. The van der Waals surface area contributed by atoms with Crippen molar-refractivity contribution in [3.63, 3.8) is 0 Å². The van der Waals surface area contributed by atoms with E-state index in [0.29, 0.717) is 24.5 Å². The van der Waals surface area contributed by atoms with E-state index in [1.165, 1.54) is 7.11 Å². The fourth-order valence-corrected chi connectivity index (χ4v) is 4.45. The third kappa shape index (κ3) is 3.15. The molecule has 3 atom stereocenters. The molecule has 3 rings (SSSR count). The zero-order valence-corrected chi connectivity index (χ0v) is 15.2. The summed E-state index contributed by atoms with van der Waals surface area (Å²) in [7, 11) is 4.61. The zero-order valence-electron chi connectivity index (χ0n) is 15.2. The van der Waals surface area contributed by atoms with E-state index < -0.39 is 5.60 Å². The molecule has 0 bridgehead atoms. The lowest BCUT2D eigenvalue weighted by Gasteiger charge is -2.52. The number of carbonyl (C=O) groups is 1. The first kappa shape index (κ1) is 17.9. The maximum Gasteiger partial charge on any atom is 0.410 e. The minimum atomic E-state index is -0.738. The SMILES string of the molecule is COC(=O)N1CC[C@@]2(O)CCCC[C@@H]2[C@@H]1c1ccc(OC)cc1OC. The number of rotatable bonds is 3. The van der Waals surface area contributed by atoms with E-state index in [9.17, 15) is 9.90 Å². The van der Waals surface area contributed by atoms with E-state index >= 15 is 0 Å². The summed E-state index contributed by atoms with van der Waals surface area (Å²) in [6.07, 6.45) is 3.96. The quantitative estimate of drug-likeness (QED) is 0.908. The number of methoxy groups -OCH3 is 3. The molecule has 1 aliphatic carbocycles. The van der Waals surface area contributed by atoms with Gasteiger partial charge in [-0.15, -0.1) is 0 Å². The van der Waals surface area contributed by atoms with Crippen LogP contribution in [0.25, 0.3) is 0 Å². The highest BCUT2D eigenvalue weighted by Gasteiger charge is 2.51. The first-order valence-corrected chi connectivity index (χ1v) is 8.83. The molecular weight excluding hydrogens is 322 g/mol. The number of hydrogen-bond acceptors (Lipinski definition) is 5. The smallest absolute Gasteiger partial charge is 0.410 e. The van der Waals surface area contributed by atoms with Crippen molar-refractivity contribution in [2.75, 3.05) is 27.9 Å². The monoisotopic (exact) mass is 349 g/mol. The van der Waals surface area contributed by atoms with Crippen molar-refractivity contribution in [2.45, 2.75) is 43.7 Å². The lowest BCUT2D eigenvalue weighted by atomic mass is 9.66. The van der Waals surface area contributed by atoms with Gasteiger partial charge in [-0.1, -0.05) is 12.8 Å². The Morgan fingerprint density at radius 2 is 2.00 bits per heavy atom. The number of amides is 1. The van der Waals surface area contributed by atoms with Crippen LogP contribution < -0.4 is 9.47 Å². The Kier molecular flexibility index (Phi) is 5.08. The molecule has 1 saturated carbocycles. The van der Waals surface area contributed by atoms with E-state index in [1.807, 2.05) is 18.2 Å². The van der Waals surface area contributed by atoms with Crippen LogP contribution in [-0.2, 0) is 4.74 Å². The summed E-state index contributed by atoms with van der Waals surface area (Å²) in [5.41, 5.74) is 0.150. The maximum absolute atomic E-state index is 12.4. The summed E-state index contributed by atoms with van der Waals surface area (Å²) in [6, 6.07) is 5.34. The molecular formula is C19H27NO5. The number of fused-ring (bicyclic) bond motifs is 1. The highest BCUT2D eigenvalue weighted by molar-refractivity contribution is 5.69. The normalized spacial score (nSPS) is 28.9. The average Bonchev–Trinajstić information content (AvgIpc) is 2.65. The molecule has 6 heteroatoms. The van der Waals surface area contributed by atoms with Gasteiger partial charge in [0.2, 0.25) is 0 Å². The van der Waals surface area contributed by atoms with Crippen LogP contribution in [0.3, 0.4) is 0 Å². The second-order valence-electron chi connectivity index (χ2n) is 6.92. The van der Waals surface area contributed by atoms with E-state index in [1.54, 1.807) is 19.1 Å². The highest BCUT2D eigenvalue weighted by Crippen LogP contribution is 2.51. The molecule has 1 aromatic carbocycles. The van der Waals surface area contributed by atoms with Crippen LogP contribution in [0.15, 0.2) is 18.2 Å². The van der Waals surface area contributed by atoms with E-state index in [2.05, 4.69) is 0 Å². The molecule has 2 aliphatic rings. The minimum Gasteiger partial charge on any atom is -0.497 e. The molecule has 0 unspecified atom stereocenters. The Bertz CT molecular complexity index is 634. The summed E-state index contributed by atoms with van der Waals surface area (Å²) in [5, 5.41) is 11.2. The van der Waals surface area contributed by atoms with Crippen LogP contribution in [0, 0.1) is 5.92 Å². The molecule has 0 spiro atoms. The topological polar surface area (TPSA) is 68.2 Å². The van der Waals surface area contributed by atoms with Gasteiger partial charge in [-0.05, 0) is 31.4 Å². The number of carbonyl (C=O) groups excluding carboxylic acids is 1. The Morgan fingerprint density at radius 3 is 2.68 bits per heavy atom. The number of ether oxygens (including phenoxy) is 3. The van der Waals surface area contributed by atoms with Crippen LogP contribution in [0.4, 0.5) is 4.79 Å². The van der Waals surface area contributed by atoms with Crippen molar-refractivity contribution in [3.8, 4) is 11.5 Å². The van der Waals surface area contributed by atoms with Gasteiger partial charge in [0, 0.05) is 24.1 Å². The number of piperidine rings is 1.